The summed E-state index contributed by atoms with van der Waals surface area (Å²) in [4.78, 5) is 86.8. The quantitative estimate of drug-likeness (QED) is 0.179. The lowest BCUT2D eigenvalue weighted by atomic mass is 10.1. The summed E-state index contributed by atoms with van der Waals surface area (Å²) >= 11 is 0. The molecule has 3 rings (SSSR count). The highest BCUT2D eigenvalue weighted by Gasteiger charge is 2.48. The number of phosphoric acid groups is 5. The van der Waals surface area contributed by atoms with Gasteiger partial charge in [-0.1, -0.05) is 0 Å². The van der Waals surface area contributed by atoms with Gasteiger partial charge in [-0.2, -0.15) is 0 Å². The number of aromatic nitrogens is 4. The molecule has 24 nitrogen and oxygen atoms in total. The summed E-state index contributed by atoms with van der Waals surface area (Å²) in [6, 6.07) is 0. The summed E-state index contributed by atoms with van der Waals surface area (Å²) in [5, 5.41) is 10.7. The van der Waals surface area contributed by atoms with Crippen LogP contribution < -0.4 is 35.1 Å². The smallest absolute Gasteiger partial charge is 0.278 e. The molecule has 1 fully saturated rings. The van der Waals surface area contributed by atoms with E-state index < -0.39 is 70.3 Å². The molecule has 0 spiro atoms. The third-order valence-electron chi connectivity index (χ3n) is 4.22. The van der Waals surface area contributed by atoms with Gasteiger partial charge in [0, 0.05) is 0 Å². The predicted molar refractivity (Wildman–Crippen MR) is 104 cm³/mol. The van der Waals surface area contributed by atoms with Gasteiger partial charge in [0.15, 0.2) is 17.7 Å². The van der Waals surface area contributed by atoms with Gasteiger partial charge < -0.3 is 63.4 Å². The van der Waals surface area contributed by atoms with Crippen molar-refractivity contribution in [3.05, 3.63) is 12.7 Å². The van der Waals surface area contributed by atoms with Crippen LogP contribution in [0.5, 0.6) is 0 Å². The van der Waals surface area contributed by atoms with Gasteiger partial charge in [0.2, 0.25) is 0 Å². The normalized spacial score (nSPS) is 28.4. The molecule has 0 radical (unpaired) electrons. The number of aliphatic hydroxyl groups excluding tert-OH is 1. The fourth-order valence-electron chi connectivity index (χ4n) is 3.01. The Morgan fingerprint density at radius 2 is 1.59 bits per heavy atom. The van der Waals surface area contributed by atoms with Crippen molar-refractivity contribution in [2.45, 2.75) is 24.5 Å². The van der Waals surface area contributed by atoms with Crippen LogP contribution in [0.4, 0.5) is 5.82 Å². The number of hydrogen-bond donors (Lipinski definition) is 3. The topological polar surface area (TPSA) is 389 Å². The van der Waals surface area contributed by atoms with E-state index in [1.807, 2.05) is 0 Å². The molecule has 4 N–H and O–H groups in total. The van der Waals surface area contributed by atoms with E-state index in [0.717, 1.165) is 17.2 Å². The summed E-state index contributed by atoms with van der Waals surface area (Å²) in [5.41, 5.74) is 5.46. The molecule has 1 saturated heterocycles. The number of hydrogen-bond acceptors (Lipinski definition) is 22. The molecule has 0 saturated carbocycles. The van der Waals surface area contributed by atoms with Gasteiger partial charge in [0.05, 0.1) is 20.8 Å². The molecule has 0 bridgehead atoms. The number of phosphoric ester groups is 2. The van der Waals surface area contributed by atoms with Gasteiger partial charge in [0.25, 0.3) is 31.3 Å². The average Bonchev–Trinajstić information content (AvgIpc) is 3.24. The minimum absolute atomic E-state index is 0.0476. The molecular weight excluding hydrogens is 649 g/mol. The lowest BCUT2D eigenvalue weighted by Gasteiger charge is -2.37. The summed E-state index contributed by atoms with van der Waals surface area (Å²) in [5.74, 6) is -0.153. The molecule has 0 aromatic carbocycles. The van der Waals surface area contributed by atoms with Crippen molar-refractivity contribution in [1.29, 1.82) is 0 Å². The Bertz CT molecular complexity index is 1450. The number of nitrogens with zero attached hydrogens (tertiary/aromatic N) is 4. The minimum atomic E-state index is -6.37. The van der Waals surface area contributed by atoms with Gasteiger partial charge in [0.1, 0.15) is 30.2 Å². The molecule has 29 heteroatoms. The highest BCUT2D eigenvalue weighted by Crippen LogP contribution is 2.61. The van der Waals surface area contributed by atoms with Gasteiger partial charge in [-0.25, -0.2) is 23.6 Å². The third kappa shape index (κ3) is 8.96. The molecule has 3 heterocycles. The fraction of sp³-hybridized carbons (Fsp3) is 0.500. The van der Waals surface area contributed by atoms with Crippen molar-refractivity contribution < 1.29 is 88.9 Å². The molecule has 0 amide bonds. The van der Waals surface area contributed by atoms with E-state index in [1.54, 1.807) is 0 Å². The first-order valence-electron chi connectivity index (χ1n) is 9.31. The largest absolute Gasteiger partial charge is 0.790 e. The highest BCUT2D eigenvalue weighted by atomic mass is 31.3. The molecule has 39 heavy (non-hydrogen) atoms. The Morgan fingerprint density at radius 1 is 0.949 bits per heavy atom. The SMILES string of the molecule is Nc1ncnc2c1ncn2[C@@H]1O[C@H](COP(=O)([O-])OP(=O)([O-])OP(=O)([O-])[O-])[C@@H](OP(=O)([O-])OP(=O)([O-])O)[C@H]1O. The predicted octanol–water partition coefficient (Wildman–Crippen LogP) is -5.19. The number of fused-ring (bicyclic) bond motifs is 1. The summed E-state index contributed by atoms with van der Waals surface area (Å²) in [6.45, 7) is -1.48. The molecular formula is C10H12N5O19P5-6. The third-order valence-corrected chi connectivity index (χ3v) is 10.0. The highest BCUT2D eigenvalue weighted by molar-refractivity contribution is 7.64. The molecule has 0 aliphatic carbocycles. The number of nitrogens with two attached hydrogens (primary N) is 1. The second-order valence-corrected chi connectivity index (χ2v) is 14.0. The Hall–Kier alpha value is -1.06. The Balaban J connectivity index is 1.88. The van der Waals surface area contributed by atoms with Gasteiger partial charge >= 0.3 is 0 Å². The lowest BCUT2D eigenvalue weighted by molar-refractivity contribution is -0.339. The van der Waals surface area contributed by atoms with E-state index in [4.69, 9.17) is 15.4 Å². The Morgan fingerprint density at radius 3 is 2.18 bits per heavy atom. The summed E-state index contributed by atoms with van der Waals surface area (Å²) in [7, 11) is -30.9. The van der Waals surface area contributed by atoms with Crippen molar-refractivity contribution in [3.8, 4) is 0 Å². The summed E-state index contributed by atoms with van der Waals surface area (Å²) in [6.07, 6.45) is -6.46. The van der Waals surface area contributed by atoms with Crippen LogP contribution in [0.15, 0.2) is 12.7 Å². The van der Waals surface area contributed by atoms with Crippen molar-refractivity contribution >= 4 is 56.1 Å². The number of ether oxygens (including phenoxy) is 1. The molecule has 8 atom stereocenters. The van der Waals surface area contributed by atoms with E-state index in [2.05, 4.69) is 36.9 Å². The van der Waals surface area contributed by atoms with Crippen LogP contribution in [0.25, 0.3) is 11.2 Å². The van der Waals surface area contributed by atoms with Crippen LogP contribution >= 0.6 is 39.1 Å². The first-order valence-corrected chi connectivity index (χ1v) is 16.6. The van der Waals surface area contributed by atoms with Gasteiger partial charge in [-0.3, -0.25) is 27.1 Å². The van der Waals surface area contributed by atoms with Crippen molar-refractivity contribution in [2.24, 2.45) is 0 Å². The van der Waals surface area contributed by atoms with Crippen LogP contribution in [0, 0.1) is 0 Å². The number of nitrogen functional groups attached to an aromatic ring is 1. The second-order valence-electron chi connectivity index (χ2n) is 7.01. The maximum absolute atomic E-state index is 11.9. The molecule has 222 valence electrons. The first kappa shape index (κ1) is 32.5. The molecule has 1 aliphatic rings. The van der Waals surface area contributed by atoms with E-state index in [1.165, 1.54) is 0 Å². The van der Waals surface area contributed by atoms with Crippen LogP contribution in [-0.2, 0) is 49.5 Å². The van der Waals surface area contributed by atoms with Crippen LogP contribution in [0.3, 0.4) is 0 Å². The Labute approximate surface area is 214 Å². The maximum atomic E-state index is 11.9. The zero-order valence-corrected chi connectivity index (χ0v) is 22.6. The molecule has 2 aromatic rings. The second kappa shape index (κ2) is 11.3. The number of rotatable bonds is 12. The van der Waals surface area contributed by atoms with E-state index in [-0.39, 0.29) is 17.0 Å². The van der Waals surface area contributed by atoms with Crippen LogP contribution in [0.2, 0.25) is 0 Å². The fourth-order valence-corrected chi connectivity index (χ4v) is 7.60. The zero-order chi connectivity index (χ0) is 29.6. The maximum Gasteiger partial charge on any atom is 0.278 e. The number of aliphatic hydroxyl groups is 1. The zero-order valence-electron chi connectivity index (χ0n) is 18.1. The van der Waals surface area contributed by atoms with E-state index >= 15 is 0 Å². The molecule has 4 unspecified atom stereocenters. The van der Waals surface area contributed by atoms with Crippen LogP contribution in [0.1, 0.15) is 6.23 Å². The molecule has 1 aliphatic heterocycles. The van der Waals surface area contributed by atoms with Crippen molar-refractivity contribution in [1.82, 2.24) is 19.5 Å². The molecule has 2 aromatic heterocycles. The Kier molecular flexibility index (Phi) is 9.42. The van der Waals surface area contributed by atoms with Gasteiger partial charge in [-0.15, -0.1) is 0 Å². The van der Waals surface area contributed by atoms with E-state index in [9.17, 15) is 57.3 Å². The number of anilines is 1. The van der Waals surface area contributed by atoms with Crippen LogP contribution in [-0.4, -0.2) is 54.4 Å². The standard InChI is InChI=1S/C10H18N5O19P5/c11-8-5-9(13-2-12-8)15(3-14-5)10-6(16)7(31-38(25,26)32-35(17,18)19)4(30-10)1-29-37(23,24)34-39(27,28)33-36(20,21)22/h2-4,6-7,10,16H,1H2,(H,23,24)(H,25,26)(H,27,28)(H2,11,12,13)(H2,17,18,19)(H2,20,21,22)/p-6/t4-,6-,7-,10-/m1/s1. The average molecular weight is 661 g/mol. The lowest BCUT2D eigenvalue weighted by Crippen LogP contribution is -2.37. The van der Waals surface area contributed by atoms with Gasteiger partial charge in [-0.05, 0) is 0 Å². The number of imidazole rings is 1. The summed E-state index contributed by atoms with van der Waals surface area (Å²) < 4.78 is 80.9. The monoisotopic (exact) mass is 661 g/mol. The van der Waals surface area contributed by atoms with Crippen molar-refractivity contribution in [3.63, 3.8) is 0 Å². The minimum Gasteiger partial charge on any atom is -0.790 e. The first-order chi connectivity index (χ1) is 17.6. The van der Waals surface area contributed by atoms with E-state index in [0.29, 0.717) is 0 Å². The van der Waals surface area contributed by atoms with Crippen molar-refractivity contribution in [2.75, 3.05) is 12.3 Å².